The lowest BCUT2D eigenvalue weighted by molar-refractivity contribution is -0.0572. The summed E-state index contributed by atoms with van der Waals surface area (Å²) in [6.45, 7) is 4.75. The van der Waals surface area contributed by atoms with E-state index in [2.05, 4.69) is 10.3 Å². The average Bonchev–Trinajstić information content (AvgIpc) is 3.16. The number of nitrogens with one attached hydrogen (secondary N) is 1. The Balaban J connectivity index is 1.33. The highest BCUT2D eigenvalue weighted by Crippen LogP contribution is 2.43. The van der Waals surface area contributed by atoms with Crippen molar-refractivity contribution < 1.29 is 23.8 Å². The van der Waals surface area contributed by atoms with Crippen LogP contribution in [0.15, 0.2) is 35.1 Å². The molecule has 0 radical (unpaired) electrons. The number of hydrogen-bond acceptors (Lipinski definition) is 5. The molecule has 3 heterocycles. The van der Waals surface area contributed by atoms with Crippen LogP contribution in [-0.4, -0.2) is 70.4 Å². The van der Waals surface area contributed by atoms with Crippen LogP contribution in [0, 0.1) is 11.8 Å². The van der Waals surface area contributed by atoms with E-state index in [4.69, 9.17) is 23.2 Å². The van der Waals surface area contributed by atoms with Crippen LogP contribution in [0.5, 0.6) is 0 Å². The summed E-state index contributed by atoms with van der Waals surface area (Å²) in [4.78, 5) is 20.9. The van der Waals surface area contributed by atoms with Crippen molar-refractivity contribution in [3.05, 3.63) is 45.9 Å². The van der Waals surface area contributed by atoms with E-state index in [1.165, 1.54) is 13.0 Å². The third-order valence-corrected chi connectivity index (χ3v) is 8.03. The number of nitrogens with zero attached hydrogens (tertiary/aromatic N) is 3. The molecule has 4 atom stereocenters. The second kappa shape index (κ2) is 10.8. The number of aromatic nitrogens is 1. The van der Waals surface area contributed by atoms with Crippen LogP contribution in [0.1, 0.15) is 44.7 Å². The molecule has 0 aromatic carbocycles. The van der Waals surface area contributed by atoms with Crippen molar-refractivity contribution in [3.8, 4) is 0 Å². The number of likely N-dealkylation sites (tertiary alicyclic amines) is 1. The second-order valence-electron chi connectivity index (χ2n) is 9.89. The molecule has 4 rings (SSSR count). The van der Waals surface area contributed by atoms with Crippen molar-refractivity contribution in [1.29, 1.82) is 0 Å². The molecular formula is C25H32Cl2F2N4O3. The quantitative estimate of drug-likeness (QED) is 0.508. The van der Waals surface area contributed by atoms with Gasteiger partial charge in [-0.15, -0.1) is 0 Å². The molecular weight excluding hydrogens is 513 g/mol. The minimum Gasteiger partial charge on any atom is -0.389 e. The van der Waals surface area contributed by atoms with E-state index in [0.717, 1.165) is 11.4 Å². The molecule has 36 heavy (non-hydrogen) atoms. The highest BCUT2D eigenvalue weighted by molar-refractivity contribution is 6.31. The van der Waals surface area contributed by atoms with Gasteiger partial charge in [0.25, 0.3) is 5.92 Å². The molecule has 0 saturated carbocycles. The lowest BCUT2D eigenvalue weighted by Gasteiger charge is -2.34. The first kappa shape index (κ1) is 27.1. The summed E-state index contributed by atoms with van der Waals surface area (Å²) in [7, 11) is 0. The molecule has 0 spiro atoms. The second-order valence-corrected chi connectivity index (χ2v) is 10.7. The number of carbonyl (C=O) groups is 1. The highest BCUT2D eigenvalue weighted by Gasteiger charge is 2.44. The summed E-state index contributed by atoms with van der Waals surface area (Å²) >= 11 is 12.7. The van der Waals surface area contributed by atoms with E-state index < -0.39 is 30.0 Å². The number of allylic oxidation sites excluding steroid dienone is 3. The van der Waals surface area contributed by atoms with Gasteiger partial charge in [-0.25, -0.2) is 13.6 Å². The molecule has 0 bridgehead atoms. The van der Waals surface area contributed by atoms with Crippen LogP contribution in [0.25, 0.3) is 0 Å². The van der Waals surface area contributed by atoms with E-state index in [9.17, 15) is 23.8 Å². The van der Waals surface area contributed by atoms with Gasteiger partial charge < -0.3 is 25.3 Å². The Hall–Kier alpha value is -1.94. The van der Waals surface area contributed by atoms with Crippen molar-refractivity contribution in [1.82, 2.24) is 15.2 Å². The fourth-order valence-electron chi connectivity index (χ4n) is 5.25. The van der Waals surface area contributed by atoms with Crippen molar-refractivity contribution >= 4 is 34.9 Å². The zero-order chi connectivity index (χ0) is 26.2. The third kappa shape index (κ3) is 5.64. The molecule has 2 saturated heterocycles. The van der Waals surface area contributed by atoms with Gasteiger partial charge in [-0.2, -0.15) is 0 Å². The number of urea groups is 1. The summed E-state index contributed by atoms with van der Waals surface area (Å²) in [5.74, 6) is -4.43. The zero-order valence-electron chi connectivity index (χ0n) is 20.3. The van der Waals surface area contributed by atoms with E-state index in [-0.39, 0.29) is 23.4 Å². The molecule has 1 aliphatic carbocycles. The third-order valence-electron chi connectivity index (χ3n) is 7.38. The maximum atomic E-state index is 14.3. The number of aliphatic hydroxyl groups excluding tert-OH is 2. The molecule has 3 N–H and O–H groups in total. The van der Waals surface area contributed by atoms with E-state index in [1.54, 1.807) is 30.2 Å². The Morgan fingerprint density at radius 1 is 1.22 bits per heavy atom. The van der Waals surface area contributed by atoms with Gasteiger partial charge in [0.1, 0.15) is 0 Å². The SMILES string of the molecule is CCC(F)(F)C1C(Cl)=CC(NC(=O)N2CCC(c3ncc(N4CC(O)C(O)C4)cc3Cl)CC2)=CC1C. The summed E-state index contributed by atoms with van der Waals surface area (Å²) in [6, 6.07) is 1.50. The van der Waals surface area contributed by atoms with Crippen LogP contribution >= 0.6 is 23.2 Å². The zero-order valence-corrected chi connectivity index (χ0v) is 21.8. The highest BCUT2D eigenvalue weighted by atomic mass is 35.5. The van der Waals surface area contributed by atoms with E-state index in [0.29, 0.717) is 49.7 Å². The van der Waals surface area contributed by atoms with Crippen LogP contribution in [0.2, 0.25) is 5.02 Å². The number of β-amino-alcohol motifs (C(OH)–C–C–N with tert-alkyl or cyclic N) is 2. The van der Waals surface area contributed by atoms with Gasteiger partial charge in [0, 0.05) is 49.2 Å². The number of alkyl halides is 2. The normalized spacial score (nSPS) is 27.7. The summed E-state index contributed by atoms with van der Waals surface area (Å²) in [5, 5.41) is 22.9. The standard InChI is InChI=1S/C25H32Cl2F2N4O3/c1-3-25(28,29)22-14(2)8-16(9-18(22)26)31-24(36)32-6-4-15(5-7-32)23-19(27)10-17(11-30-23)33-12-20(34)21(35)13-33/h8-11,14-15,20-22,34-35H,3-7,12-13H2,1-2H3,(H,31,36). The first-order valence-electron chi connectivity index (χ1n) is 12.3. The molecule has 3 aliphatic rings. The van der Waals surface area contributed by atoms with Crippen LogP contribution < -0.4 is 10.2 Å². The van der Waals surface area contributed by atoms with Crippen molar-refractivity contribution in [3.63, 3.8) is 0 Å². The number of halogens is 4. The van der Waals surface area contributed by atoms with Crippen molar-refractivity contribution in [2.24, 2.45) is 11.8 Å². The smallest absolute Gasteiger partial charge is 0.321 e. The Kier molecular flexibility index (Phi) is 8.14. The molecule has 1 aromatic heterocycles. The first-order valence-corrected chi connectivity index (χ1v) is 13.0. The minimum atomic E-state index is -2.91. The van der Waals surface area contributed by atoms with Crippen LogP contribution in [-0.2, 0) is 0 Å². The van der Waals surface area contributed by atoms with Crippen LogP contribution in [0.3, 0.4) is 0 Å². The van der Waals surface area contributed by atoms with Gasteiger partial charge in [-0.05, 0) is 30.9 Å². The number of piperidine rings is 1. The number of carbonyl (C=O) groups excluding carboxylic acids is 1. The van der Waals surface area contributed by atoms with Gasteiger partial charge in [0.2, 0.25) is 0 Å². The summed E-state index contributed by atoms with van der Waals surface area (Å²) in [6.07, 6.45) is 4.22. The number of rotatable bonds is 5. The first-order chi connectivity index (χ1) is 17.0. The maximum absolute atomic E-state index is 14.3. The van der Waals surface area contributed by atoms with Crippen molar-refractivity contribution in [2.45, 2.75) is 57.2 Å². The minimum absolute atomic E-state index is 0.0490. The van der Waals surface area contributed by atoms with E-state index >= 15 is 0 Å². The van der Waals surface area contributed by atoms with E-state index in [1.807, 2.05) is 4.90 Å². The number of anilines is 1. The van der Waals surface area contributed by atoms with Gasteiger partial charge >= 0.3 is 6.03 Å². The molecule has 7 nitrogen and oxygen atoms in total. The van der Waals surface area contributed by atoms with Crippen molar-refractivity contribution in [2.75, 3.05) is 31.1 Å². The average molecular weight is 545 g/mol. The molecule has 198 valence electrons. The molecule has 11 heteroatoms. The topological polar surface area (TPSA) is 88.9 Å². The monoisotopic (exact) mass is 544 g/mol. The lowest BCUT2D eigenvalue weighted by atomic mass is 9.82. The predicted octanol–water partition coefficient (Wildman–Crippen LogP) is 4.48. The Morgan fingerprint density at radius 2 is 1.86 bits per heavy atom. The largest absolute Gasteiger partial charge is 0.389 e. The van der Waals surface area contributed by atoms with Gasteiger partial charge in [0.05, 0.1) is 40.7 Å². The van der Waals surface area contributed by atoms with Crippen LogP contribution in [0.4, 0.5) is 19.3 Å². The molecule has 2 fully saturated rings. The number of hydrogen-bond donors (Lipinski definition) is 3. The molecule has 1 aromatic rings. The molecule has 2 amide bonds. The Labute approximate surface area is 219 Å². The summed E-state index contributed by atoms with van der Waals surface area (Å²) in [5.41, 5.74) is 1.94. The Bertz CT molecular complexity index is 1040. The summed E-state index contributed by atoms with van der Waals surface area (Å²) < 4.78 is 28.5. The number of aliphatic hydroxyl groups is 2. The van der Waals surface area contributed by atoms with Gasteiger partial charge in [-0.3, -0.25) is 4.98 Å². The van der Waals surface area contributed by atoms with Gasteiger partial charge in [-0.1, -0.05) is 43.1 Å². The lowest BCUT2D eigenvalue weighted by Crippen LogP contribution is -2.44. The van der Waals surface area contributed by atoms with Gasteiger partial charge in [0.15, 0.2) is 0 Å². The maximum Gasteiger partial charge on any atom is 0.321 e. The number of amides is 2. The fraction of sp³-hybridized carbons (Fsp3) is 0.600. The molecule has 4 unspecified atom stereocenters. The molecule has 2 aliphatic heterocycles. The fourth-order valence-corrected chi connectivity index (χ4v) is 6.04. The predicted molar refractivity (Wildman–Crippen MR) is 135 cm³/mol. The Morgan fingerprint density at radius 3 is 2.42 bits per heavy atom. The number of pyridine rings is 1.